The Balaban J connectivity index is 1.52. The molecule has 0 aliphatic carbocycles. The van der Waals surface area contributed by atoms with Crippen molar-refractivity contribution in [3.05, 3.63) is 72.7 Å². The zero-order valence-corrected chi connectivity index (χ0v) is 13.6. The fourth-order valence-corrected chi connectivity index (χ4v) is 2.74. The van der Waals surface area contributed by atoms with E-state index in [1.165, 1.54) is 5.56 Å². The van der Waals surface area contributed by atoms with Gasteiger partial charge in [0.25, 0.3) is 0 Å². The summed E-state index contributed by atoms with van der Waals surface area (Å²) in [6.07, 6.45) is 4.41. The van der Waals surface area contributed by atoms with Crippen LogP contribution in [0.4, 0.5) is 11.6 Å². The molecule has 0 spiro atoms. The average molecular weight is 330 g/mol. The van der Waals surface area contributed by atoms with Gasteiger partial charge in [-0.1, -0.05) is 30.3 Å². The molecule has 0 atom stereocenters. The molecule has 25 heavy (non-hydrogen) atoms. The molecule has 0 aliphatic rings. The second-order valence-electron chi connectivity index (χ2n) is 5.76. The highest BCUT2D eigenvalue weighted by Gasteiger charge is 2.07. The molecule has 6 nitrogen and oxygen atoms in total. The van der Waals surface area contributed by atoms with Crippen LogP contribution in [0.2, 0.25) is 0 Å². The van der Waals surface area contributed by atoms with Crippen LogP contribution in [0.3, 0.4) is 0 Å². The second-order valence-corrected chi connectivity index (χ2v) is 5.76. The first-order valence-electron chi connectivity index (χ1n) is 8.13. The third kappa shape index (κ3) is 3.28. The van der Waals surface area contributed by atoms with Gasteiger partial charge >= 0.3 is 0 Å². The van der Waals surface area contributed by atoms with Gasteiger partial charge in [-0.2, -0.15) is 4.98 Å². The van der Waals surface area contributed by atoms with Gasteiger partial charge in [-0.15, -0.1) is 0 Å². The number of fused-ring (bicyclic) bond motifs is 1. The topological polar surface area (TPSA) is 81.6 Å². The number of rotatable bonds is 5. The summed E-state index contributed by atoms with van der Waals surface area (Å²) in [6, 6.07) is 17.9. The van der Waals surface area contributed by atoms with Gasteiger partial charge in [0.2, 0.25) is 5.95 Å². The molecule has 0 aliphatic heterocycles. The standard InChI is InChI=1S/C19H18N6/c20-15-6-7-17-16(12-15)23-13-25(17)18-9-11-22-19(24-18)21-10-8-14-4-2-1-3-5-14/h1-7,9,11-13H,8,10,20H2,(H,21,22,24). The largest absolute Gasteiger partial charge is 0.399 e. The number of hydrogen-bond acceptors (Lipinski definition) is 5. The monoisotopic (exact) mass is 330 g/mol. The Morgan fingerprint density at radius 1 is 1.00 bits per heavy atom. The first-order valence-corrected chi connectivity index (χ1v) is 8.13. The Morgan fingerprint density at radius 3 is 2.76 bits per heavy atom. The summed E-state index contributed by atoms with van der Waals surface area (Å²) < 4.78 is 1.93. The van der Waals surface area contributed by atoms with Crippen molar-refractivity contribution in [2.24, 2.45) is 0 Å². The number of nitrogen functional groups attached to an aromatic ring is 1. The maximum Gasteiger partial charge on any atom is 0.224 e. The second kappa shape index (κ2) is 6.60. The number of nitrogens with two attached hydrogens (primary N) is 1. The minimum Gasteiger partial charge on any atom is -0.399 e. The lowest BCUT2D eigenvalue weighted by molar-refractivity contribution is 0.953. The molecule has 124 valence electrons. The average Bonchev–Trinajstić information content (AvgIpc) is 3.06. The molecule has 4 aromatic rings. The molecule has 3 N–H and O–H groups in total. The van der Waals surface area contributed by atoms with E-state index < -0.39 is 0 Å². The van der Waals surface area contributed by atoms with Crippen LogP contribution in [0.1, 0.15) is 5.56 Å². The Hall–Kier alpha value is -3.41. The molecule has 2 heterocycles. The Labute approximate surface area is 145 Å². The van der Waals surface area contributed by atoms with Crippen LogP contribution in [0.5, 0.6) is 0 Å². The maximum atomic E-state index is 5.81. The minimum absolute atomic E-state index is 0.603. The molecule has 6 heteroatoms. The number of aromatic nitrogens is 4. The van der Waals surface area contributed by atoms with Gasteiger partial charge in [-0.05, 0) is 36.2 Å². The first-order chi connectivity index (χ1) is 12.3. The van der Waals surface area contributed by atoms with Gasteiger partial charge in [0.1, 0.15) is 12.1 Å². The quantitative estimate of drug-likeness (QED) is 0.550. The Morgan fingerprint density at radius 2 is 1.88 bits per heavy atom. The number of imidazole rings is 1. The van der Waals surface area contributed by atoms with Crippen LogP contribution in [0.25, 0.3) is 16.9 Å². The molecule has 0 saturated carbocycles. The van der Waals surface area contributed by atoms with Gasteiger partial charge in [0.05, 0.1) is 11.0 Å². The van der Waals surface area contributed by atoms with E-state index in [9.17, 15) is 0 Å². The van der Waals surface area contributed by atoms with E-state index in [1.807, 2.05) is 47.0 Å². The van der Waals surface area contributed by atoms with E-state index in [2.05, 4.69) is 32.4 Å². The van der Waals surface area contributed by atoms with E-state index in [1.54, 1.807) is 12.5 Å². The molecule has 2 aromatic heterocycles. The van der Waals surface area contributed by atoms with Crippen molar-refractivity contribution in [1.82, 2.24) is 19.5 Å². The summed E-state index contributed by atoms with van der Waals surface area (Å²) in [7, 11) is 0. The van der Waals surface area contributed by atoms with E-state index >= 15 is 0 Å². The third-order valence-electron chi connectivity index (χ3n) is 4.00. The number of anilines is 2. The molecular weight excluding hydrogens is 312 g/mol. The predicted molar refractivity (Wildman–Crippen MR) is 99.7 cm³/mol. The third-order valence-corrected chi connectivity index (χ3v) is 4.00. The molecule has 2 aromatic carbocycles. The van der Waals surface area contributed by atoms with Crippen LogP contribution in [-0.2, 0) is 6.42 Å². The Bertz CT molecular complexity index is 993. The summed E-state index contributed by atoms with van der Waals surface area (Å²) in [5.41, 5.74) is 9.60. The fourth-order valence-electron chi connectivity index (χ4n) is 2.74. The van der Waals surface area contributed by atoms with E-state index in [0.29, 0.717) is 11.6 Å². The van der Waals surface area contributed by atoms with Gasteiger partial charge in [0.15, 0.2) is 0 Å². The van der Waals surface area contributed by atoms with Crippen molar-refractivity contribution in [2.45, 2.75) is 6.42 Å². The van der Waals surface area contributed by atoms with E-state index in [0.717, 1.165) is 29.8 Å². The summed E-state index contributed by atoms with van der Waals surface area (Å²) in [4.78, 5) is 13.3. The molecule has 0 unspecified atom stereocenters. The van der Waals surface area contributed by atoms with Crippen LogP contribution in [0, 0.1) is 0 Å². The molecule has 4 rings (SSSR count). The molecule has 0 saturated heterocycles. The minimum atomic E-state index is 0.603. The normalized spacial score (nSPS) is 10.9. The number of nitrogens with one attached hydrogen (secondary N) is 1. The van der Waals surface area contributed by atoms with Crippen molar-refractivity contribution >= 4 is 22.7 Å². The van der Waals surface area contributed by atoms with Crippen molar-refractivity contribution in [1.29, 1.82) is 0 Å². The smallest absolute Gasteiger partial charge is 0.224 e. The number of nitrogens with zero attached hydrogens (tertiary/aromatic N) is 4. The molecule has 0 bridgehead atoms. The molecule has 0 radical (unpaired) electrons. The number of hydrogen-bond donors (Lipinski definition) is 2. The lowest BCUT2D eigenvalue weighted by Crippen LogP contribution is -2.09. The first kappa shape index (κ1) is 15.1. The zero-order valence-electron chi connectivity index (χ0n) is 13.6. The lowest BCUT2D eigenvalue weighted by Gasteiger charge is -2.08. The van der Waals surface area contributed by atoms with Crippen LogP contribution >= 0.6 is 0 Å². The van der Waals surface area contributed by atoms with Crippen molar-refractivity contribution in [2.75, 3.05) is 17.6 Å². The number of benzene rings is 2. The predicted octanol–water partition coefficient (Wildman–Crippen LogP) is 3.05. The SMILES string of the molecule is Nc1ccc2c(c1)ncn2-c1ccnc(NCCc2ccccc2)n1. The Kier molecular flexibility index (Phi) is 4.00. The highest BCUT2D eigenvalue weighted by molar-refractivity contribution is 5.80. The van der Waals surface area contributed by atoms with Gasteiger partial charge in [0, 0.05) is 18.4 Å². The van der Waals surface area contributed by atoms with Crippen LogP contribution in [0.15, 0.2) is 67.1 Å². The maximum absolute atomic E-state index is 5.81. The van der Waals surface area contributed by atoms with Crippen LogP contribution < -0.4 is 11.1 Å². The van der Waals surface area contributed by atoms with Crippen LogP contribution in [-0.4, -0.2) is 26.1 Å². The molecule has 0 fully saturated rings. The fraction of sp³-hybridized carbons (Fsp3) is 0.105. The lowest BCUT2D eigenvalue weighted by atomic mass is 10.1. The van der Waals surface area contributed by atoms with Gasteiger partial charge < -0.3 is 11.1 Å². The van der Waals surface area contributed by atoms with Gasteiger partial charge in [-0.3, -0.25) is 4.57 Å². The van der Waals surface area contributed by atoms with E-state index in [-0.39, 0.29) is 0 Å². The highest BCUT2D eigenvalue weighted by atomic mass is 15.2. The summed E-state index contributed by atoms with van der Waals surface area (Å²) in [5.74, 6) is 1.37. The summed E-state index contributed by atoms with van der Waals surface area (Å²) in [5, 5.41) is 3.28. The van der Waals surface area contributed by atoms with E-state index in [4.69, 9.17) is 5.73 Å². The van der Waals surface area contributed by atoms with Crippen molar-refractivity contribution in [3.8, 4) is 5.82 Å². The highest BCUT2D eigenvalue weighted by Crippen LogP contribution is 2.19. The van der Waals surface area contributed by atoms with Gasteiger partial charge in [-0.25, -0.2) is 9.97 Å². The summed E-state index contributed by atoms with van der Waals surface area (Å²) >= 11 is 0. The zero-order chi connectivity index (χ0) is 17.1. The molecular formula is C19H18N6. The summed E-state index contributed by atoms with van der Waals surface area (Å²) in [6.45, 7) is 0.772. The van der Waals surface area contributed by atoms with Crippen molar-refractivity contribution < 1.29 is 0 Å². The molecule has 0 amide bonds. The van der Waals surface area contributed by atoms with Crippen molar-refractivity contribution in [3.63, 3.8) is 0 Å².